The number of nitrogens with one attached hydrogen (secondary N) is 1. The summed E-state index contributed by atoms with van der Waals surface area (Å²) in [6.07, 6.45) is -0.324. The molecule has 0 spiro atoms. The van der Waals surface area contributed by atoms with Crippen molar-refractivity contribution in [3.63, 3.8) is 0 Å². The van der Waals surface area contributed by atoms with Crippen LogP contribution < -0.4 is 40.8 Å². The van der Waals surface area contributed by atoms with Gasteiger partial charge in [-0.3, -0.25) is 14.8 Å². The van der Waals surface area contributed by atoms with E-state index in [1.165, 1.54) is 0 Å². The number of carbonyl (C=O) groups excluding carboxylic acids is 1. The van der Waals surface area contributed by atoms with Crippen LogP contribution in [-0.4, -0.2) is 24.6 Å². The average Bonchev–Trinajstić information content (AvgIpc) is 1.81. The monoisotopic (exact) mass is 192 g/mol. The first kappa shape index (κ1) is 13.9. The molecule has 1 amide bonds. The minimum absolute atomic E-state index is 0. The summed E-state index contributed by atoms with van der Waals surface area (Å²) in [4.78, 5) is 10.2. The third-order valence-electron chi connectivity index (χ3n) is 0.748. The van der Waals surface area contributed by atoms with E-state index in [4.69, 9.17) is 4.55 Å². The molecule has 0 aliphatic carbocycles. The van der Waals surface area contributed by atoms with E-state index in [2.05, 4.69) is 5.84 Å². The predicted octanol–water partition coefficient (Wildman–Crippen LogP) is -4.63. The fourth-order valence-corrected chi connectivity index (χ4v) is 0.737. The van der Waals surface area contributed by atoms with Gasteiger partial charge in [0.1, 0.15) is 0 Å². The number of hydrogen-bond donors (Lipinski definition) is 3. The molecule has 0 aliphatic rings. The largest absolute Gasteiger partial charge is 1.00 e. The maximum Gasteiger partial charge on any atom is 1.00 e. The van der Waals surface area contributed by atoms with Gasteiger partial charge in [-0.15, -0.1) is 0 Å². The van der Waals surface area contributed by atoms with Crippen molar-refractivity contribution in [2.75, 3.05) is 5.75 Å². The van der Waals surface area contributed by atoms with E-state index in [9.17, 15) is 13.2 Å². The molecule has 0 rings (SSSR count). The van der Waals surface area contributed by atoms with Gasteiger partial charge in [0.2, 0.25) is 5.91 Å². The molecule has 0 aliphatic heterocycles. The van der Waals surface area contributed by atoms with E-state index >= 15 is 0 Å². The van der Waals surface area contributed by atoms with Gasteiger partial charge in [-0.1, -0.05) is 0 Å². The van der Waals surface area contributed by atoms with Gasteiger partial charge in [0, 0.05) is 6.42 Å². The molecule has 0 aromatic heterocycles. The Morgan fingerprint density at radius 1 is 1.64 bits per heavy atom. The summed E-state index contributed by atoms with van der Waals surface area (Å²) in [5, 5.41) is 0. The first-order chi connectivity index (χ1) is 4.45. The van der Waals surface area contributed by atoms with Crippen LogP contribution in [0.3, 0.4) is 0 Å². The van der Waals surface area contributed by atoms with Crippen LogP contribution in [0.2, 0.25) is 0 Å². The second kappa shape index (κ2) is 5.92. The summed E-state index contributed by atoms with van der Waals surface area (Å²) < 4.78 is 28.1. The molecule has 8 heteroatoms. The zero-order chi connectivity index (χ0) is 8.20. The third-order valence-corrected chi connectivity index (χ3v) is 1.47. The Balaban J connectivity index is -0.000000405. The number of amides is 1. The Bertz CT molecular complexity index is 218. The van der Waals surface area contributed by atoms with Crippen LogP contribution >= 0.6 is 0 Å². The zero-order valence-corrected chi connectivity index (χ0v) is 8.89. The van der Waals surface area contributed by atoms with Gasteiger partial charge >= 0.3 is 29.6 Å². The summed E-state index contributed by atoms with van der Waals surface area (Å²) in [7, 11) is -4.05. The molecule has 4 N–H and O–H groups in total. The van der Waals surface area contributed by atoms with Crippen LogP contribution in [0.25, 0.3) is 0 Å². The number of carbonyl (C=O) groups is 1. The van der Waals surface area contributed by atoms with Gasteiger partial charge in [-0.2, -0.15) is 8.42 Å². The Kier molecular flexibility index (Phi) is 7.48. The predicted molar refractivity (Wildman–Crippen MR) is 34.5 cm³/mol. The van der Waals surface area contributed by atoms with E-state index in [-0.39, 0.29) is 37.4 Å². The standard InChI is InChI=1S/C3H8N2O4S.Na.H/c4-5-3(6)1-2-10(7,8)9;;/h1-2,4H2,(H,5,6)(H,7,8,9);;/q;+1;-1. The Labute approximate surface area is 88.0 Å². The van der Waals surface area contributed by atoms with Crippen molar-refractivity contribution in [1.82, 2.24) is 5.43 Å². The van der Waals surface area contributed by atoms with E-state index in [1.807, 2.05) is 0 Å². The van der Waals surface area contributed by atoms with Crippen LogP contribution in [0.15, 0.2) is 0 Å². The van der Waals surface area contributed by atoms with Crippen LogP contribution in [0, 0.1) is 0 Å². The number of rotatable bonds is 3. The van der Waals surface area contributed by atoms with Crippen molar-refractivity contribution in [1.29, 1.82) is 0 Å². The van der Waals surface area contributed by atoms with E-state index in [1.54, 1.807) is 5.43 Å². The first-order valence-electron chi connectivity index (χ1n) is 2.40. The van der Waals surface area contributed by atoms with Crippen molar-refractivity contribution in [2.45, 2.75) is 6.42 Å². The van der Waals surface area contributed by atoms with Crippen LogP contribution in [0.1, 0.15) is 7.85 Å². The van der Waals surface area contributed by atoms with Gasteiger partial charge in [-0.25, -0.2) is 5.84 Å². The Hall–Kier alpha value is 0.340. The molecule has 0 aromatic rings. The van der Waals surface area contributed by atoms with Crippen molar-refractivity contribution in [3.05, 3.63) is 0 Å². The summed E-state index contributed by atoms with van der Waals surface area (Å²) in [6.45, 7) is 0. The van der Waals surface area contributed by atoms with Crippen molar-refractivity contribution in [3.8, 4) is 0 Å². The SMILES string of the molecule is NNC(=O)CCS(=O)(=O)O.[H-].[Na+]. The molecule has 0 radical (unpaired) electrons. The second-order valence-electron chi connectivity index (χ2n) is 1.60. The number of hydrazine groups is 1. The van der Waals surface area contributed by atoms with Crippen molar-refractivity contribution in [2.24, 2.45) is 5.84 Å². The maximum atomic E-state index is 10.2. The summed E-state index contributed by atoms with van der Waals surface area (Å²) >= 11 is 0. The molecule has 6 nitrogen and oxygen atoms in total. The molecule has 0 bridgehead atoms. The maximum absolute atomic E-state index is 10.2. The van der Waals surface area contributed by atoms with Crippen LogP contribution in [-0.2, 0) is 14.9 Å². The summed E-state index contributed by atoms with van der Waals surface area (Å²) in [5.74, 6) is 3.40. The molecular formula is C3H9N2NaO4S. The second-order valence-corrected chi connectivity index (χ2v) is 3.18. The molecule has 62 valence electrons. The molecule has 0 fully saturated rings. The number of nitrogens with two attached hydrogens (primary N) is 1. The fraction of sp³-hybridized carbons (Fsp3) is 0.667. The zero-order valence-electron chi connectivity index (χ0n) is 7.07. The molecule has 0 heterocycles. The Morgan fingerprint density at radius 3 is 2.36 bits per heavy atom. The molecule has 0 saturated heterocycles. The Morgan fingerprint density at radius 2 is 2.09 bits per heavy atom. The van der Waals surface area contributed by atoms with E-state index in [0.717, 1.165) is 0 Å². The quantitative estimate of drug-likeness (QED) is 0.137. The van der Waals surface area contributed by atoms with Gasteiger partial charge in [0.25, 0.3) is 10.1 Å². The molecule has 11 heavy (non-hydrogen) atoms. The fourth-order valence-electron chi connectivity index (χ4n) is 0.294. The summed E-state index contributed by atoms with van der Waals surface area (Å²) in [6, 6.07) is 0. The normalized spacial score (nSPS) is 10.0. The first-order valence-corrected chi connectivity index (χ1v) is 4.01. The topological polar surface area (TPSA) is 109 Å². The van der Waals surface area contributed by atoms with E-state index in [0.29, 0.717) is 0 Å². The average molecular weight is 192 g/mol. The smallest absolute Gasteiger partial charge is 1.00 e. The molecule has 0 unspecified atom stereocenters. The van der Waals surface area contributed by atoms with Gasteiger partial charge in [-0.05, 0) is 0 Å². The van der Waals surface area contributed by atoms with E-state index < -0.39 is 21.8 Å². The minimum atomic E-state index is -4.05. The van der Waals surface area contributed by atoms with Crippen LogP contribution in [0.4, 0.5) is 0 Å². The molecule has 0 atom stereocenters. The molecule has 0 aromatic carbocycles. The van der Waals surface area contributed by atoms with Crippen LogP contribution in [0.5, 0.6) is 0 Å². The van der Waals surface area contributed by atoms with Crippen molar-refractivity contribution < 1.29 is 48.7 Å². The van der Waals surface area contributed by atoms with Gasteiger partial charge in [0.05, 0.1) is 5.75 Å². The van der Waals surface area contributed by atoms with Gasteiger partial charge in [0.15, 0.2) is 0 Å². The van der Waals surface area contributed by atoms with Gasteiger partial charge < -0.3 is 1.43 Å². The minimum Gasteiger partial charge on any atom is -1.00 e. The summed E-state index contributed by atoms with van der Waals surface area (Å²) in [5.41, 5.74) is 1.72. The number of hydrogen-bond acceptors (Lipinski definition) is 4. The molecule has 0 saturated carbocycles. The third kappa shape index (κ3) is 10.3. The molecular weight excluding hydrogens is 183 g/mol. The van der Waals surface area contributed by atoms with Crippen molar-refractivity contribution >= 4 is 16.0 Å².